The number of halogens is 2. The van der Waals surface area contributed by atoms with Gasteiger partial charge in [0.15, 0.2) is 0 Å². The number of carbonyl (C=O) groups is 1. The van der Waals surface area contributed by atoms with E-state index in [2.05, 4.69) is 21.2 Å². The van der Waals surface area contributed by atoms with Gasteiger partial charge in [0.25, 0.3) is 5.91 Å². The average molecular weight is 357 g/mol. The first kappa shape index (κ1) is 13.2. The van der Waals surface area contributed by atoms with Gasteiger partial charge in [-0.25, -0.2) is 0 Å². The second-order valence-electron chi connectivity index (χ2n) is 4.47. The van der Waals surface area contributed by atoms with Crippen LogP contribution >= 0.6 is 38.9 Å². The predicted octanol–water partition coefficient (Wildman–Crippen LogP) is 4.12. The van der Waals surface area contributed by atoms with E-state index in [-0.39, 0.29) is 11.3 Å². The van der Waals surface area contributed by atoms with Crippen LogP contribution in [0.25, 0.3) is 0 Å². The number of nitrogens with one attached hydrogen (secondary N) is 1. The maximum Gasteiger partial charge on any atom is 0.251 e. The number of hydrogen-bond donors (Lipinski definition) is 1. The molecule has 1 unspecified atom stereocenters. The summed E-state index contributed by atoms with van der Waals surface area (Å²) in [4.78, 5) is 11.8. The first-order valence-electron chi connectivity index (χ1n) is 5.94. The third-order valence-electron chi connectivity index (χ3n) is 3.23. The topological polar surface area (TPSA) is 29.1 Å². The first-order valence-corrected chi connectivity index (χ1v) is 8.05. The van der Waals surface area contributed by atoms with E-state index >= 15 is 0 Å². The number of benzene rings is 1. The summed E-state index contributed by atoms with van der Waals surface area (Å²) in [5.74, 6) is -0.00142. The number of amides is 1. The summed E-state index contributed by atoms with van der Waals surface area (Å²) in [5, 5.41) is 4.67. The van der Waals surface area contributed by atoms with E-state index in [4.69, 9.17) is 11.6 Å². The van der Waals surface area contributed by atoms with Gasteiger partial charge in [0.1, 0.15) is 0 Å². The largest absolute Gasteiger partial charge is 0.352 e. The molecule has 0 bridgehead atoms. The monoisotopic (exact) mass is 355 g/mol. The molecular formula is C14H11BrClNOS. The van der Waals surface area contributed by atoms with Crippen LogP contribution in [0.3, 0.4) is 0 Å². The predicted molar refractivity (Wildman–Crippen MR) is 82.2 cm³/mol. The maximum atomic E-state index is 11.8. The van der Waals surface area contributed by atoms with Gasteiger partial charge in [0.2, 0.25) is 0 Å². The Balaban J connectivity index is 1.97. The molecule has 5 heteroatoms. The number of rotatable bonds is 2. The van der Waals surface area contributed by atoms with Gasteiger partial charge in [-0.15, -0.1) is 22.9 Å². The molecule has 3 rings (SSSR count). The highest BCUT2D eigenvalue weighted by Gasteiger charge is 2.20. The molecule has 0 aliphatic carbocycles. The highest BCUT2D eigenvalue weighted by molar-refractivity contribution is 9.11. The number of hydrogen-bond acceptors (Lipinski definition) is 2. The van der Waals surface area contributed by atoms with Crippen molar-refractivity contribution in [1.29, 1.82) is 0 Å². The average Bonchev–Trinajstić information content (AvgIpc) is 2.85. The summed E-state index contributed by atoms with van der Waals surface area (Å²) in [6.07, 6.45) is 0.887. The van der Waals surface area contributed by atoms with E-state index in [9.17, 15) is 4.79 Å². The Morgan fingerprint density at radius 1 is 1.32 bits per heavy atom. The summed E-state index contributed by atoms with van der Waals surface area (Å²) in [6, 6.07) is 7.95. The molecule has 1 N–H and O–H groups in total. The zero-order valence-corrected chi connectivity index (χ0v) is 13.1. The Labute approximate surface area is 128 Å². The molecule has 0 saturated heterocycles. The van der Waals surface area contributed by atoms with E-state index in [1.807, 2.05) is 29.6 Å². The summed E-state index contributed by atoms with van der Waals surface area (Å²) < 4.78 is 1.06. The van der Waals surface area contributed by atoms with E-state index in [1.165, 1.54) is 0 Å². The summed E-state index contributed by atoms with van der Waals surface area (Å²) in [7, 11) is 0. The normalized spacial score (nSPS) is 15.8. The minimum absolute atomic E-state index is 0.00142. The van der Waals surface area contributed by atoms with Crippen LogP contribution in [0.1, 0.15) is 32.4 Å². The fourth-order valence-electron chi connectivity index (χ4n) is 2.24. The fourth-order valence-corrected chi connectivity index (χ4v) is 3.77. The SMILES string of the molecule is O=C1NCCc2ccc(C(Cl)c3csc(Br)c3)cc21. The van der Waals surface area contributed by atoms with Crippen molar-refractivity contribution in [2.24, 2.45) is 0 Å². The Morgan fingerprint density at radius 3 is 2.89 bits per heavy atom. The molecule has 1 atom stereocenters. The minimum atomic E-state index is -0.220. The molecular weight excluding hydrogens is 346 g/mol. The highest BCUT2D eigenvalue weighted by Crippen LogP contribution is 2.34. The molecule has 1 aromatic heterocycles. The first-order chi connectivity index (χ1) is 9.15. The van der Waals surface area contributed by atoms with E-state index in [1.54, 1.807) is 11.3 Å². The number of thiophene rings is 1. The van der Waals surface area contributed by atoms with Crippen molar-refractivity contribution >= 4 is 44.8 Å². The van der Waals surface area contributed by atoms with Gasteiger partial charge in [0, 0.05) is 12.1 Å². The van der Waals surface area contributed by atoms with Gasteiger partial charge < -0.3 is 5.32 Å². The number of fused-ring (bicyclic) bond motifs is 1. The molecule has 1 aliphatic rings. The van der Waals surface area contributed by atoms with Crippen molar-refractivity contribution in [3.63, 3.8) is 0 Å². The molecule has 0 spiro atoms. The third kappa shape index (κ3) is 2.57. The van der Waals surface area contributed by atoms with Crippen LogP contribution in [-0.4, -0.2) is 12.5 Å². The maximum absolute atomic E-state index is 11.8. The van der Waals surface area contributed by atoms with Crippen LogP contribution < -0.4 is 5.32 Å². The van der Waals surface area contributed by atoms with Crippen molar-refractivity contribution in [1.82, 2.24) is 5.32 Å². The zero-order valence-electron chi connectivity index (χ0n) is 9.95. The van der Waals surface area contributed by atoms with Gasteiger partial charge in [-0.2, -0.15) is 0 Å². The zero-order chi connectivity index (χ0) is 13.4. The van der Waals surface area contributed by atoms with Crippen LogP contribution in [0.5, 0.6) is 0 Å². The highest BCUT2D eigenvalue weighted by atomic mass is 79.9. The molecule has 2 nitrogen and oxygen atoms in total. The molecule has 2 heterocycles. The fraction of sp³-hybridized carbons (Fsp3) is 0.214. The second-order valence-corrected chi connectivity index (χ2v) is 7.20. The molecule has 2 aromatic rings. The smallest absolute Gasteiger partial charge is 0.251 e. The summed E-state index contributed by atoms with van der Waals surface area (Å²) in [6.45, 7) is 0.715. The Hall–Kier alpha value is -0.840. The van der Waals surface area contributed by atoms with Crippen molar-refractivity contribution in [3.05, 3.63) is 55.7 Å². The lowest BCUT2D eigenvalue weighted by atomic mass is 9.95. The minimum Gasteiger partial charge on any atom is -0.352 e. The van der Waals surface area contributed by atoms with Crippen LogP contribution in [0, 0.1) is 0 Å². The number of alkyl halides is 1. The van der Waals surface area contributed by atoms with Gasteiger partial charge in [-0.05, 0) is 56.6 Å². The molecule has 1 aromatic carbocycles. The van der Waals surface area contributed by atoms with Crippen molar-refractivity contribution < 1.29 is 4.79 Å². The quantitative estimate of drug-likeness (QED) is 0.806. The van der Waals surface area contributed by atoms with Gasteiger partial charge in [0.05, 0.1) is 9.16 Å². The lowest BCUT2D eigenvalue weighted by molar-refractivity contribution is 0.0946. The van der Waals surface area contributed by atoms with Crippen LogP contribution in [0.4, 0.5) is 0 Å². The Kier molecular flexibility index (Phi) is 3.65. The standard InChI is InChI=1S/C14H11BrClNOS/c15-12-6-10(7-19-12)13(16)9-2-1-8-3-4-17-14(18)11(8)5-9/h1-2,5-7,13H,3-4H2,(H,17,18). The lowest BCUT2D eigenvalue weighted by Gasteiger charge is -2.18. The Bertz CT molecular complexity index is 640. The molecule has 98 valence electrons. The van der Waals surface area contributed by atoms with Crippen molar-refractivity contribution in [3.8, 4) is 0 Å². The van der Waals surface area contributed by atoms with E-state index in [0.29, 0.717) is 6.54 Å². The van der Waals surface area contributed by atoms with E-state index < -0.39 is 0 Å². The molecule has 0 radical (unpaired) electrons. The Morgan fingerprint density at radius 2 is 2.16 bits per heavy atom. The van der Waals surface area contributed by atoms with Crippen molar-refractivity contribution in [2.45, 2.75) is 11.8 Å². The lowest BCUT2D eigenvalue weighted by Crippen LogP contribution is -2.31. The molecule has 1 aliphatic heterocycles. The van der Waals surface area contributed by atoms with Crippen LogP contribution in [0.15, 0.2) is 33.4 Å². The van der Waals surface area contributed by atoms with Crippen molar-refractivity contribution in [2.75, 3.05) is 6.54 Å². The van der Waals surface area contributed by atoms with E-state index in [0.717, 1.165) is 32.5 Å². The molecule has 0 saturated carbocycles. The molecule has 19 heavy (non-hydrogen) atoms. The third-order valence-corrected chi connectivity index (χ3v) is 5.26. The molecule has 0 fully saturated rings. The summed E-state index contributed by atoms with van der Waals surface area (Å²) >= 11 is 11.5. The second kappa shape index (κ2) is 5.27. The van der Waals surface area contributed by atoms with Gasteiger partial charge in [-0.3, -0.25) is 4.79 Å². The number of carbonyl (C=O) groups excluding carboxylic acids is 1. The van der Waals surface area contributed by atoms with Crippen LogP contribution in [-0.2, 0) is 6.42 Å². The van der Waals surface area contributed by atoms with Gasteiger partial charge in [-0.1, -0.05) is 12.1 Å². The van der Waals surface area contributed by atoms with Crippen LogP contribution in [0.2, 0.25) is 0 Å². The summed E-state index contributed by atoms with van der Waals surface area (Å²) in [5.41, 5.74) is 3.86. The molecule has 1 amide bonds. The van der Waals surface area contributed by atoms with Gasteiger partial charge >= 0.3 is 0 Å².